The Hall–Kier alpha value is -1.68. The van der Waals surface area contributed by atoms with Gasteiger partial charge in [0, 0.05) is 5.56 Å². The lowest BCUT2D eigenvalue weighted by atomic mass is 9.75. The quantitative estimate of drug-likeness (QED) is 0.848. The van der Waals surface area contributed by atoms with Gasteiger partial charge in [0.25, 0.3) is 5.91 Å². The average molecular weight is 287 g/mol. The number of fused-ring (bicyclic) bond motifs is 1. The molecule has 0 atom stereocenters. The number of benzene rings is 1. The molecular formula is C17H21NO3. The zero-order chi connectivity index (χ0) is 15.0. The van der Waals surface area contributed by atoms with Crippen LogP contribution in [0.4, 0.5) is 0 Å². The molecule has 1 heterocycles. The van der Waals surface area contributed by atoms with E-state index in [-0.39, 0.29) is 24.8 Å². The van der Waals surface area contributed by atoms with Crippen molar-refractivity contribution in [2.45, 2.75) is 44.6 Å². The first-order valence-corrected chi connectivity index (χ1v) is 7.63. The highest BCUT2D eigenvalue weighted by Crippen LogP contribution is 2.39. The molecule has 0 saturated heterocycles. The smallest absolute Gasteiger partial charge is 0.261 e. The van der Waals surface area contributed by atoms with Gasteiger partial charge in [0.1, 0.15) is 0 Å². The molecule has 0 aromatic heterocycles. The molecule has 1 aromatic carbocycles. The predicted octanol–water partition coefficient (Wildman–Crippen LogP) is 2.15. The largest absolute Gasteiger partial charge is 0.394 e. The molecule has 112 valence electrons. The first-order valence-electron chi connectivity index (χ1n) is 7.63. The second-order valence-corrected chi connectivity index (χ2v) is 6.43. The SMILES string of the molecule is CC1CCC(CO)(N2C(=O)Cc3ccccc3C2=O)CC1. The van der Waals surface area contributed by atoms with E-state index in [1.807, 2.05) is 18.2 Å². The molecular weight excluding hydrogens is 266 g/mol. The molecule has 21 heavy (non-hydrogen) atoms. The number of amides is 2. The molecule has 3 rings (SSSR count). The van der Waals surface area contributed by atoms with Gasteiger partial charge in [0.2, 0.25) is 5.91 Å². The van der Waals surface area contributed by atoms with Crippen molar-refractivity contribution in [3.05, 3.63) is 35.4 Å². The van der Waals surface area contributed by atoms with E-state index in [4.69, 9.17) is 0 Å². The minimum Gasteiger partial charge on any atom is -0.394 e. The fraction of sp³-hybridized carbons (Fsp3) is 0.529. The maximum Gasteiger partial charge on any atom is 0.261 e. The van der Waals surface area contributed by atoms with Gasteiger partial charge in [-0.2, -0.15) is 0 Å². The lowest BCUT2D eigenvalue weighted by Crippen LogP contribution is -2.60. The van der Waals surface area contributed by atoms with Crippen molar-refractivity contribution >= 4 is 11.8 Å². The van der Waals surface area contributed by atoms with Crippen LogP contribution in [0.25, 0.3) is 0 Å². The van der Waals surface area contributed by atoms with Gasteiger partial charge < -0.3 is 5.11 Å². The van der Waals surface area contributed by atoms with Crippen molar-refractivity contribution in [2.24, 2.45) is 5.92 Å². The number of imide groups is 1. The van der Waals surface area contributed by atoms with Crippen molar-refractivity contribution in [1.82, 2.24) is 4.90 Å². The Kier molecular flexibility index (Phi) is 3.57. The molecule has 1 aliphatic carbocycles. The highest BCUT2D eigenvalue weighted by molar-refractivity contribution is 6.10. The third-order valence-corrected chi connectivity index (χ3v) is 5.02. The number of hydrogen-bond acceptors (Lipinski definition) is 3. The first kappa shape index (κ1) is 14.3. The van der Waals surface area contributed by atoms with E-state index in [1.165, 1.54) is 4.90 Å². The van der Waals surface area contributed by atoms with E-state index in [0.29, 0.717) is 24.3 Å². The van der Waals surface area contributed by atoms with Crippen molar-refractivity contribution in [1.29, 1.82) is 0 Å². The van der Waals surface area contributed by atoms with Crippen molar-refractivity contribution in [3.8, 4) is 0 Å². The van der Waals surface area contributed by atoms with E-state index >= 15 is 0 Å². The maximum absolute atomic E-state index is 12.8. The minimum absolute atomic E-state index is 0.140. The zero-order valence-corrected chi connectivity index (χ0v) is 12.3. The first-order chi connectivity index (χ1) is 10.1. The van der Waals surface area contributed by atoms with Gasteiger partial charge in [-0.1, -0.05) is 25.1 Å². The van der Waals surface area contributed by atoms with E-state index in [1.54, 1.807) is 6.07 Å². The lowest BCUT2D eigenvalue weighted by Gasteiger charge is -2.46. The second-order valence-electron chi connectivity index (χ2n) is 6.43. The Labute approximate surface area is 124 Å². The molecule has 0 radical (unpaired) electrons. The fourth-order valence-corrected chi connectivity index (χ4v) is 3.59. The summed E-state index contributed by atoms with van der Waals surface area (Å²) in [4.78, 5) is 26.6. The third-order valence-electron chi connectivity index (χ3n) is 5.02. The van der Waals surface area contributed by atoms with Crippen LogP contribution in [0.5, 0.6) is 0 Å². The highest BCUT2D eigenvalue weighted by atomic mass is 16.3. The topological polar surface area (TPSA) is 57.6 Å². The summed E-state index contributed by atoms with van der Waals surface area (Å²) >= 11 is 0. The molecule has 0 unspecified atom stereocenters. The van der Waals surface area contributed by atoms with Crippen molar-refractivity contribution in [2.75, 3.05) is 6.61 Å². The van der Waals surface area contributed by atoms with E-state index in [9.17, 15) is 14.7 Å². The standard InChI is InChI=1S/C17H21NO3/c1-12-6-8-17(11-19,9-7-12)18-15(20)10-13-4-2-3-5-14(13)16(18)21/h2-5,12,19H,6-11H2,1H3. The van der Waals surface area contributed by atoms with Crippen LogP contribution >= 0.6 is 0 Å². The zero-order valence-electron chi connectivity index (χ0n) is 12.3. The van der Waals surface area contributed by atoms with Gasteiger partial charge in [0.05, 0.1) is 18.6 Å². The monoisotopic (exact) mass is 287 g/mol. The molecule has 1 aliphatic heterocycles. The molecule has 4 nitrogen and oxygen atoms in total. The Balaban J connectivity index is 1.98. The van der Waals surface area contributed by atoms with Crippen LogP contribution in [0.1, 0.15) is 48.5 Å². The number of aliphatic hydroxyl groups excluding tert-OH is 1. The van der Waals surface area contributed by atoms with Gasteiger partial charge >= 0.3 is 0 Å². The van der Waals surface area contributed by atoms with Gasteiger partial charge in [-0.3, -0.25) is 14.5 Å². The second kappa shape index (κ2) is 5.26. The molecule has 2 amide bonds. The van der Waals surface area contributed by atoms with E-state index in [2.05, 4.69) is 6.92 Å². The van der Waals surface area contributed by atoms with E-state index < -0.39 is 5.54 Å². The average Bonchev–Trinajstić information content (AvgIpc) is 2.49. The molecule has 1 N–H and O–H groups in total. The summed E-state index contributed by atoms with van der Waals surface area (Å²) in [6.45, 7) is 2.04. The minimum atomic E-state index is -0.700. The number of carbonyl (C=O) groups is 2. The normalized spacial score (nSPS) is 29.4. The lowest BCUT2D eigenvalue weighted by molar-refractivity contribution is -0.137. The maximum atomic E-state index is 12.8. The molecule has 0 bridgehead atoms. The van der Waals surface area contributed by atoms with Gasteiger partial charge in [-0.05, 0) is 43.2 Å². The van der Waals surface area contributed by atoms with Gasteiger partial charge in [0.15, 0.2) is 0 Å². The van der Waals surface area contributed by atoms with Gasteiger partial charge in [-0.15, -0.1) is 0 Å². The molecule has 1 fully saturated rings. The molecule has 4 heteroatoms. The van der Waals surface area contributed by atoms with Crippen LogP contribution in [0, 0.1) is 5.92 Å². The van der Waals surface area contributed by atoms with Crippen LogP contribution in [-0.4, -0.2) is 34.0 Å². The summed E-state index contributed by atoms with van der Waals surface area (Å²) in [5.74, 6) is 0.166. The Morgan fingerprint density at radius 1 is 1.24 bits per heavy atom. The van der Waals surface area contributed by atoms with Crippen LogP contribution in [0.2, 0.25) is 0 Å². The number of aliphatic hydroxyl groups is 1. The van der Waals surface area contributed by atoms with Crippen LogP contribution < -0.4 is 0 Å². The molecule has 1 saturated carbocycles. The highest BCUT2D eigenvalue weighted by Gasteiger charge is 2.47. The summed E-state index contributed by atoms with van der Waals surface area (Å²) in [6, 6.07) is 7.27. The molecule has 2 aliphatic rings. The summed E-state index contributed by atoms with van der Waals surface area (Å²) in [5.41, 5.74) is 0.693. The van der Waals surface area contributed by atoms with Crippen LogP contribution in [0.15, 0.2) is 24.3 Å². The summed E-state index contributed by atoms with van der Waals surface area (Å²) in [7, 11) is 0. The van der Waals surface area contributed by atoms with Gasteiger partial charge in [-0.25, -0.2) is 0 Å². The van der Waals surface area contributed by atoms with Crippen LogP contribution in [-0.2, 0) is 11.2 Å². The van der Waals surface area contributed by atoms with Crippen LogP contribution in [0.3, 0.4) is 0 Å². The summed E-state index contributed by atoms with van der Waals surface area (Å²) < 4.78 is 0. The number of rotatable bonds is 2. The number of carbonyl (C=O) groups excluding carboxylic acids is 2. The number of nitrogens with zero attached hydrogens (tertiary/aromatic N) is 1. The Bertz CT molecular complexity index is 573. The van der Waals surface area contributed by atoms with E-state index in [0.717, 1.165) is 18.4 Å². The fourth-order valence-electron chi connectivity index (χ4n) is 3.59. The Morgan fingerprint density at radius 3 is 2.57 bits per heavy atom. The third kappa shape index (κ3) is 2.27. The molecule has 0 spiro atoms. The number of hydrogen-bond donors (Lipinski definition) is 1. The molecule has 1 aromatic rings. The summed E-state index contributed by atoms with van der Waals surface area (Å²) in [5, 5.41) is 9.92. The van der Waals surface area contributed by atoms with Crippen molar-refractivity contribution < 1.29 is 14.7 Å². The Morgan fingerprint density at radius 2 is 1.90 bits per heavy atom. The van der Waals surface area contributed by atoms with Crippen molar-refractivity contribution in [3.63, 3.8) is 0 Å². The summed E-state index contributed by atoms with van der Waals surface area (Å²) in [6.07, 6.45) is 3.53. The predicted molar refractivity (Wildman–Crippen MR) is 78.8 cm³/mol.